The van der Waals surface area contributed by atoms with Crippen LogP contribution in [-0.2, 0) is 13.5 Å². The van der Waals surface area contributed by atoms with Crippen molar-refractivity contribution in [2.75, 3.05) is 4.90 Å². The van der Waals surface area contributed by atoms with E-state index in [1.807, 2.05) is 19.1 Å². The van der Waals surface area contributed by atoms with Crippen molar-refractivity contribution in [3.05, 3.63) is 39.6 Å². The van der Waals surface area contributed by atoms with E-state index in [1.165, 1.54) is 0 Å². The molecule has 4 aromatic rings. The Bertz CT molecular complexity index is 1410. The summed E-state index contributed by atoms with van der Waals surface area (Å²) in [5, 5.41) is 0.971. The van der Waals surface area contributed by atoms with Gasteiger partial charge in [-0.2, -0.15) is 4.98 Å². The van der Waals surface area contributed by atoms with Crippen molar-refractivity contribution < 1.29 is 4.42 Å². The highest BCUT2D eigenvalue weighted by Crippen LogP contribution is 2.40. The van der Waals surface area contributed by atoms with Gasteiger partial charge >= 0.3 is 0 Å². The number of halogens is 1. The largest absolute Gasteiger partial charge is 0.439 e. The Kier molecular flexibility index (Phi) is 4.39. The predicted octanol–water partition coefficient (Wildman–Crippen LogP) is 3.74. The monoisotopic (exact) mass is 452 g/mol. The summed E-state index contributed by atoms with van der Waals surface area (Å²) >= 11 is 6.71. The van der Waals surface area contributed by atoms with Gasteiger partial charge in [0.25, 0.3) is 5.56 Å². The van der Waals surface area contributed by atoms with Crippen molar-refractivity contribution in [1.29, 1.82) is 0 Å². The molecule has 2 aliphatic heterocycles. The molecule has 1 aromatic carbocycles. The maximum Gasteiger partial charge on any atom is 0.264 e. The van der Waals surface area contributed by atoms with Crippen LogP contribution in [0.3, 0.4) is 0 Å². The highest BCUT2D eigenvalue weighted by molar-refractivity contribution is 6.37. The van der Waals surface area contributed by atoms with E-state index in [4.69, 9.17) is 26.7 Å². The molecule has 0 spiro atoms. The van der Waals surface area contributed by atoms with Crippen LogP contribution < -0.4 is 16.2 Å². The summed E-state index contributed by atoms with van der Waals surface area (Å²) in [6, 6.07) is 4.66. The molecule has 2 bridgehead atoms. The lowest BCUT2D eigenvalue weighted by atomic mass is 9.98. The van der Waals surface area contributed by atoms with Gasteiger partial charge in [0.2, 0.25) is 5.95 Å². The number of nitrogens with one attached hydrogen (secondary N) is 1. The topological polar surface area (TPSA) is 106 Å². The molecule has 0 saturated carbocycles. The highest BCUT2D eigenvalue weighted by Gasteiger charge is 2.41. The second-order valence-electron chi connectivity index (χ2n) is 8.96. The molecule has 2 aliphatic rings. The lowest BCUT2D eigenvalue weighted by Gasteiger charge is -2.38. The first-order chi connectivity index (χ1) is 15.5. The first kappa shape index (κ1) is 19.8. The number of aromatic nitrogens is 4. The van der Waals surface area contributed by atoms with Crippen molar-refractivity contribution >= 4 is 39.7 Å². The molecular formula is C23H25ClN6O2. The Morgan fingerprint density at radius 1 is 1.22 bits per heavy atom. The zero-order chi connectivity index (χ0) is 22.1. The Labute approximate surface area is 189 Å². The van der Waals surface area contributed by atoms with Crippen LogP contribution in [0.2, 0.25) is 5.02 Å². The van der Waals surface area contributed by atoms with Crippen molar-refractivity contribution in [2.45, 2.75) is 57.2 Å². The lowest BCUT2D eigenvalue weighted by molar-refractivity contribution is 0.405. The van der Waals surface area contributed by atoms with Gasteiger partial charge in [0.15, 0.2) is 11.5 Å². The summed E-state index contributed by atoms with van der Waals surface area (Å²) in [5.41, 5.74) is 9.39. The number of aromatic amines is 1. The SMILES string of the molecule is CCc1nc2ccc(-c3c[nH]c4nc(N5C6CCC5CC(N)C6)n(C)c(=O)c34)c(Cl)c2o1. The minimum absolute atomic E-state index is 0.0986. The molecule has 0 radical (unpaired) electrons. The minimum Gasteiger partial charge on any atom is -0.439 e. The van der Waals surface area contributed by atoms with Gasteiger partial charge in [0, 0.05) is 48.9 Å². The van der Waals surface area contributed by atoms with Gasteiger partial charge in [-0.25, -0.2) is 4.98 Å². The van der Waals surface area contributed by atoms with Crippen LogP contribution >= 0.6 is 11.6 Å². The summed E-state index contributed by atoms with van der Waals surface area (Å²) in [6.45, 7) is 1.98. The van der Waals surface area contributed by atoms with Crippen molar-refractivity contribution in [3.63, 3.8) is 0 Å². The molecule has 5 heterocycles. The van der Waals surface area contributed by atoms with Crippen LogP contribution in [0.5, 0.6) is 0 Å². The van der Waals surface area contributed by atoms with Crippen LogP contribution in [0.15, 0.2) is 27.5 Å². The Balaban J connectivity index is 1.50. The van der Waals surface area contributed by atoms with Gasteiger partial charge in [0.1, 0.15) is 11.2 Å². The molecule has 2 unspecified atom stereocenters. The number of benzene rings is 1. The molecule has 9 heteroatoms. The first-order valence-electron chi connectivity index (χ1n) is 11.2. The van der Waals surface area contributed by atoms with Gasteiger partial charge in [-0.3, -0.25) is 9.36 Å². The molecule has 6 rings (SSSR count). The Morgan fingerprint density at radius 3 is 2.69 bits per heavy atom. The number of piperidine rings is 1. The van der Waals surface area contributed by atoms with Crippen LogP contribution in [0.1, 0.15) is 38.5 Å². The number of anilines is 1. The molecule has 32 heavy (non-hydrogen) atoms. The zero-order valence-electron chi connectivity index (χ0n) is 18.1. The molecule has 3 aromatic heterocycles. The fraction of sp³-hybridized carbons (Fsp3) is 0.435. The fourth-order valence-corrected chi connectivity index (χ4v) is 5.81. The molecule has 166 valence electrons. The van der Waals surface area contributed by atoms with Crippen molar-refractivity contribution in [1.82, 2.24) is 19.5 Å². The maximum absolute atomic E-state index is 13.5. The van der Waals surface area contributed by atoms with E-state index in [2.05, 4.69) is 14.9 Å². The molecule has 0 amide bonds. The molecule has 0 aliphatic carbocycles. The van der Waals surface area contributed by atoms with E-state index in [-0.39, 0.29) is 11.6 Å². The van der Waals surface area contributed by atoms with Crippen molar-refractivity contribution in [3.8, 4) is 11.1 Å². The number of H-pyrrole nitrogens is 1. The Hall–Kier alpha value is -2.84. The van der Waals surface area contributed by atoms with E-state index in [9.17, 15) is 4.79 Å². The van der Waals surface area contributed by atoms with Gasteiger partial charge in [-0.1, -0.05) is 24.6 Å². The van der Waals surface area contributed by atoms with E-state index >= 15 is 0 Å². The second kappa shape index (κ2) is 7.08. The summed E-state index contributed by atoms with van der Waals surface area (Å²) in [7, 11) is 1.80. The average molecular weight is 453 g/mol. The van der Waals surface area contributed by atoms with Crippen LogP contribution in [-0.4, -0.2) is 37.6 Å². The number of aryl methyl sites for hydroxylation is 1. The predicted molar refractivity (Wildman–Crippen MR) is 125 cm³/mol. The van der Waals surface area contributed by atoms with Gasteiger partial charge in [-0.05, 0) is 31.7 Å². The van der Waals surface area contributed by atoms with Gasteiger partial charge < -0.3 is 20.0 Å². The number of hydrogen-bond acceptors (Lipinski definition) is 6. The summed E-state index contributed by atoms with van der Waals surface area (Å²) in [4.78, 5) is 28.4. The fourth-order valence-electron chi connectivity index (χ4n) is 5.50. The molecule has 3 N–H and O–H groups in total. The first-order valence-corrected chi connectivity index (χ1v) is 11.5. The third kappa shape index (κ3) is 2.75. The van der Waals surface area contributed by atoms with Gasteiger partial charge in [-0.15, -0.1) is 0 Å². The second-order valence-corrected chi connectivity index (χ2v) is 9.34. The minimum atomic E-state index is -0.0986. The van der Waals surface area contributed by atoms with E-state index in [1.54, 1.807) is 17.8 Å². The van der Waals surface area contributed by atoms with Crippen LogP contribution in [0.25, 0.3) is 33.3 Å². The number of nitrogens with two attached hydrogens (primary N) is 1. The number of hydrogen-bond donors (Lipinski definition) is 2. The highest BCUT2D eigenvalue weighted by atomic mass is 35.5. The van der Waals surface area contributed by atoms with E-state index in [0.717, 1.165) is 31.2 Å². The smallest absolute Gasteiger partial charge is 0.264 e. The molecular weight excluding hydrogens is 428 g/mol. The summed E-state index contributed by atoms with van der Waals surface area (Å²) in [5.74, 6) is 1.34. The average Bonchev–Trinajstić information content (AvgIpc) is 3.46. The molecule has 2 atom stereocenters. The quantitative estimate of drug-likeness (QED) is 0.490. The number of rotatable bonds is 3. The molecule has 2 fully saturated rings. The lowest BCUT2D eigenvalue weighted by Crippen LogP contribution is -2.49. The third-order valence-corrected chi connectivity index (χ3v) is 7.40. The molecule has 8 nitrogen and oxygen atoms in total. The van der Waals surface area contributed by atoms with E-state index < -0.39 is 0 Å². The standard InChI is InChI=1S/C23H25ClN6O2/c1-3-17-27-16-7-6-14(19(24)20(16)32-17)15-10-26-21-18(15)22(31)29(2)23(28-21)30-12-4-5-13(30)9-11(25)8-12/h6-7,10-13,26H,3-5,8-9,25H2,1-2H3. The zero-order valence-corrected chi connectivity index (χ0v) is 18.8. The number of fused-ring (bicyclic) bond motifs is 4. The van der Waals surface area contributed by atoms with Crippen molar-refractivity contribution in [2.24, 2.45) is 12.8 Å². The van der Waals surface area contributed by atoms with Crippen LogP contribution in [0, 0.1) is 0 Å². The summed E-state index contributed by atoms with van der Waals surface area (Å²) < 4.78 is 7.49. The van der Waals surface area contributed by atoms with Crippen LogP contribution in [0.4, 0.5) is 5.95 Å². The Morgan fingerprint density at radius 2 is 1.97 bits per heavy atom. The third-order valence-electron chi connectivity index (χ3n) is 7.02. The van der Waals surface area contributed by atoms with Gasteiger partial charge in [0.05, 0.1) is 10.4 Å². The number of oxazole rings is 1. The summed E-state index contributed by atoms with van der Waals surface area (Å²) in [6.07, 6.45) is 6.54. The van der Waals surface area contributed by atoms with E-state index in [0.29, 0.717) is 63.1 Å². The molecule has 2 saturated heterocycles. The normalized spacial score (nSPS) is 23.0. The number of nitrogens with zero attached hydrogens (tertiary/aromatic N) is 4. The maximum atomic E-state index is 13.5.